The van der Waals surface area contributed by atoms with E-state index < -0.39 is 5.97 Å². The number of carboxylic acid groups (broad SMARTS) is 1. The van der Waals surface area contributed by atoms with Crippen molar-refractivity contribution in [3.8, 4) is 11.5 Å². The second-order valence-electron chi connectivity index (χ2n) is 3.88. The van der Waals surface area contributed by atoms with Crippen LogP contribution < -0.4 is 0 Å². The van der Waals surface area contributed by atoms with E-state index in [-0.39, 0.29) is 24.1 Å². The molecule has 0 radical (unpaired) electrons. The van der Waals surface area contributed by atoms with Gasteiger partial charge in [0, 0.05) is 17.7 Å². The van der Waals surface area contributed by atoms with Gasteiger partial charge in [-0.2, -0.15) is 0 Å². The van der Waals surface area contributed by atoms with Gasteiger partial charge in [-0.05, 0) is 19.5 Å². The van der Waals surface area contributed by atoms with Crippen molar-refractivity contribution in [2.24, 2.45) is 0 Å². The highest BCUT2D eigenvalue weighted by atomic mass is 16.4. The Kier molecular flexibility index (Phi) is 4.34. The normalized spacial score (nSPS) is 12.6. The molecule has 0 saturated heterocycles. The van der Waals surface area contributed by atoms with Crippen LogP contribution in [0, 0.1) is 0 Å². The zero-order valence-corrected chi connectivity index (χ0v) is 9.92. The third kappa shape index (κ3) is 3.35. The maximum absolute atomic E-state index is 10.7. The van der Waals surface area contributed by atoms with Crippen molar-refractivity contribution in [2.75, 3.05) is 13.1 Å². The van der Waals surface area contributed by atoms with Crippen LogP contribution in [-0.2, 0) is 4.79 Å². The summed E-state index contributed by atoms with van der Waals surface area (Å²) >= 11 is 0. The fraction of sp³-hybridized carbons (Fsp3) is 0.417. The molecular weight excluding hydrogens is 222 g/mol. The monoisotopic (exact) mass is 239 g/mol. The van der Waals surface area contributed by atoms with Crippen molar-refractivity contribution in [1.29, 1.82) is 0 Å². The zero-order chi connectivity index (χ0) is 13.0. The minimum absolute atomic E-state index is 0.0141. The molecule has 0 aromatic heterocycles. The highest BCUT2D eigenvalue weighted by Crippen LogP contribution is 2.30. The van der Waals surface area contributed by atoms with Crippen molar-refractivity contribution in [3.05, 3.63) is 23.8 Å². The summed E-state index contributed by atoms with van der Waals surface area (Å²) in [6.07, 6.45) is 0. The van der Waals surface area contributed by atoms with Crippen LogP contribution in [0.3, 0.4) is 0 Å². The number of carboxylic acids is 1. The van der Waals surface area contributed by atoms with Gasteiger partial charge < -0.3 is 15.3 Å². The fourth-order valence-corrected chi connectivity index (χ4v) is 1.78. The first-order valence-electron chi connectivity index (χ1n) is 5.43. The molecule has 0 aliphatic rings. The Labute approximate surface area is 99.9 Å². The Morgan fingerprint density at radius 2 is 2.06 bits per heavy atom. The number of rotatable bonds is 5. The number of phenols is 2. The predicted molar refractivity (Wildman–Crippen MR) is 63.1 cm³/mol. The summed E-state index contributed by atoms with van der Waals surface area (Å²) in [6.45, 7) is 4.15. The molecule has 0 saturated carbocycles. The summed E-state index contributed by atoms with van der Waals surface area (Å²) in [5.41, 5.74) is 0.603. The Morgan fingerprint density at radius 3 is 2.53 bits per heavy atom. The number of aromatic hydroxyl groups is 2. The Bertz CT molecular complexity index is 405. The second kappa shape index (κ2) is 5.54. The quantitative estimate of drug-likeness (QED) is 0.726. The lowest BCUT2D eigenvalue weighted by molar-refractivity contribution is -0.138. The van der Waals surface area contributed by atoms with Crippen LogP contribution in [0.5, 0.6) is 11.5 Å². The SMILES string of the molecule is CCN(CC(=O)O)C(C)c1ccc(O)cc1O. The van der Waals surface area contributed by atoms with E-state index in [4.69, 9.17) is 5.11 Å². The smallest absolute Gasteiger partial charge is 0.317 e. The third-order valence-electron chi connectivity index (χ3n) is 2.76. The minimum Gasteiger partial charge on any atom is -0.508 e. The first-order valence-corrected chi connectivity index (χ1v) is 5.43. The molecule has 1 rings (SSSR count). The molecule has 0 fully saturated rings. The van der Waals surface area contributed by atoms with E-state index in [1.165, 1.54) is 12.1 Å². The van der Waals surface area contributed by atoms with Gasteiger partial charge in [-0.3, -0.25) is 9.69 Å². The molecule has 0 aliphatic carbocycles. The van der Waals surface area contributed by atoms with Crippen molar-refractivity contribution in [3.63, 3.8) is 0 Å². The van der Waals surface area contributed by atoms with Crippen LogP contribution in [0.4, 0.5) is 0 Å². The van der Waals surface area contributed by atoms with Crippen LogP contribution in [0.15, 0.2) is 18.2 Å². The van der Waals surface area contributed by atoms with Crippen molar-refractivity contribution in [2.45, 2.75) is 19.9 Å². The number of carbonyl (C=O) groups is 1. The topological polar surface area (TPSA) is 81.0 Å². The van der Waals surface area contributed by atoms with E-state index in [0.717, 1.165) is 0 Å². The van der Waals surface area contributed by atoms with Gasteiger partial charge in [-0.15, -0.1) is 0 Å². The third-order valence-corrected chi connectivity index (χ3v) is 2.76. The van der Waals surface area contributed by atoms with Crippen LogP contribution in [0.2, 0.25) is 0 Å². The number of hydrogen-bond acceptors (Lipinski definition) is 4. The number of hydrogen-bond donors (Lipinski definition) is 3. The number of aliphatic carboxylic acids is 1. The molecule has 0 bridgehead atoms. The van der Waals surface area contributed by atoms with Crippen LogP contribution in [0.1, 0.15) is 25.5 Å². The summed E-state index contributed by atoms with van der Waals surface area (Å²) in [5.74, 6) is -0.946. The van der Waals surface area contributed by atoms with Gasteiger partial charge in [0.15, 0.2) is 0 Å². The molecule has 94 valence electrons. The molecule has 0 amide bonds. The number of benzene rings is 1. The average Bonchev–Trinajstić information content (AvgIpc) is 2.24. The molecule has 5 heteroatoms. The van der Waals surface area contributed by atoms with Gasteiger partial charge >= 0.3 is 5.97 Å². The number of phenolic OH excluding ortho intramolecular Hbond substituents is 2. The maximum atomic E-state index is 10.7. The molecule has 0 spiro atoms. The molecule has 5 nitrogen and oxygen atoms in total. The van der Waals surface area contributed by atoms with Gasteiger partial charge in [0.25, 0.3) is 0 Å². The summed E-state index contributed by atoms with van der Waals surface area (Å²) in [6, 6.07) is 4.09. The van der Waals surface area contributed by atoms with E-state index >= 15 is 0 Å². The lowest BCUT2D eigenvalue weighted by Gasteiger charge is -2.26. The van der Waals surface area contributed by atoms with Gasteiger partial charge in [0.1, 0.15) is 11.5 Å². The Morgan fingerprint density at radius 1 is 1.41 bits per heavy atom. The minimum atomic E-state index is -0.906. The molecule has 1 aromatic carbocycles. The molecule has 1 atom stereocenters. The first kappa shape index (κ1) is 13.3. The maximum Gasteiger partial charge on any atom is 0.317 e. The second-order valence-corrected chi connectivity index (χ2v) is 3.88. The largest absolute Gasteiger partial charge is 0.508 e. The Balaban J connectivity index is 2.93. The zero-order valence-electron chi connectivity index (χ0n) is 9.92. The van der Waals surface area contributed by atoms with Crippen molar-refractivity contribution >= 4 is 5.97 Å². The van der Waals surface area contributed by atoms with Crippen molar-refractivity contribution < 1.29 is 20.1 Å². The molecule has 0 heterocycles. The van der Waals surface area contributed by atoms with Crippen LogP contribution >= 0.6 is 0 Å². The fourth-order valence-electron chi connectivity index (χ4n) is 1.78. The highest BCUT2D eigenvalue weighted by Gasteiger charge is 2.19. The lowest BCUT2D eigenvalue weighted by Crippen LogP contribution is -2.32. The van der Waals surface area contributed by atoms with Crippen LogP contribution in [-0.4, -0.2) is 39.3 Å². The molecule has 1 aromatic rings. The van der Waals surface area contributed by atoms with E-state index in [9.17, 15) is 15.0 Å². The summed E-state index contributed by atoms with van der Waals surface area (Å²) in [7, 11) is 0. The highest BCUT2D eigenvalue weighted by molar-refractivity contribution is 5.69. The summed E-state index contributed by atoms with van der Waals surface area (Å²) in [4.78, 5) is 12.4. The molecule has 3 N–H and O–H groups in total. The number of nitrogens with zero attached hydrogens (tertiary/aromatic N) is 1. The van der Waals surface area contributed by atoms with E-state index in [2.05, 4.69) is 0 Å². The number of likely N-dealkylation sites (N-methyl/N-ethyl adjacent to an activating group) is 1. The van der Waals surface area contributed by atoms with Gasteiger partial charge in [0.05, 0.1) is 6.54 Å². The molecular formula is C12H17NO4. The van der Waals surface area contributed by atoms with E-state index in [0.29, 0.717) is 12.1 Å². The lowest BCUT2D eigenvalue weighted by atomic mass is 10.1. The average molecular weight is 239 g/mol. The summed E-state index contributed by atoms with van der Waals surface area (Å²) < 4.78 is 0. The predicted octanol–water partition coefficient (Wildman–Crippen LogP) is 1.57. The molecule has 1 unspecified atom stereocenters. The molecule has 17 heavy (non-hydrogen) atoms. The molecule has 0 aliphatic heterocycles. The van der Waals surface area contributed by atoms with Crippen molar-refractivity contribution in [1.82, 2.24) is 4.90 Å². The Hall–Kier alpha value is -1.75. The first-order chi connectivity index (χ1) is 7.95. The van der Waals surface area contributed by atoms with Gasteiger partial charge in [0.2, 0.25) is 0 Å². The standard InChI is InChI=1S/C12H17NO4/c1-3-13(7-12(16)17)8(2)10-5-4-9(14)6-11(10)15/h4-6,8,14-15H,3,7H2,1-2H3,(H,16,17). The summed E-state index contributed by atoms with van der Waals surface area (Å²) in [5, 5.41) is 27.7. The van der Waals surface area contributed by atoms with Crippen LogP contribution in [0.25, 0.3) is 0 Å². The van der Waals surface area contributed by atoms with Gasteiger partial charge in [-0.25, -0.2) is 0 Å². The van der Waals surface area contributed by atoms with E-state index in [1.807, 2.05) is 13.8 Å². The van der Waals surface area contributed by atoms with E-state index in [1.54, 1.807) is 11.0 Å². The van der Waals surface area contributed by atoms with Gasteiger partial charge in [-0.1, -0.05) is 13.0 Å².